The zero-order valence-corrected chi connectivity index (χ0v) is 13.3. The van der Waals surface area contributed by atoms with E-state index < -0.39 is 21.4 Å². The predicted octanol–water partition coefficient (Wildman–Crippen LogP) is 2.22. The summed E-state index contributed by atoms with van der Waals surface area (Å²) in [5.74, 6) is 0.742. The summed E-state index contributed by atoms with van der Waals surface area (Å²) in [4.78, 5) is 0. The van der Waals surface area contributed by atoms with Crippen molar-refractivity contribution in [3.8, 4) is 11.8 Å². The molecular formula is C14H14InNO. The van der Waals surface area contributed by atoms with Crippen molar-refractivity contribution in [3.63, 3.8) is 0 Å². The average Bonchev–Trinajstić information content (AvgIpc) is 2.73. The Bertz CT molecular complexity index is 520. The molecule has 1 N–H and O–H groups in total. The molecule has 17 heavy (non-hydrogen) atoms. The molecule has 0 fully saturated rings. The van der Waals surface area contributed by atoms with Crippen LogP contribution in [0.1, 0.15) is 13.8 Å². The fourth-order valence-corrected chi connectivity index (χ4v) is 10.9. The van der Waals surface area contributed by atoms with Crippen LogP contribution in [0.3, 0.4) is 0 Å². The molecule has 1 aliphatic heterocycles. The minimum absolute atomic E-state index is 0.303. The Morgan fingerprint density at radius 2 is 1.88 bits per heavy atom. The molecule has 0 aromatic heterocycles. The summed E-state index contributed by atoms with van der Waals surface area (Å²) in [6.45, 7) is 4.31. The Balaban J connectivity index is 2.41. The van der Waals surface area contributed by atoms with Gasteiger partial charge in [0.2, 0.25) is 0 Å². The second kappa shape index (κ2) is 5.01. The molecule has 0 atom stereocenters. The maximum atomic E-state index is 9.31. The number of phenols is 1. The number of hydrogen-bond donors (Lipinski definition) is 1. The van der Waals surface area contributed by atoms with Crippen LogP contribution in [0.15, 0.2) is 43.1 Å². The van der Waals surface area contributed by atoms with Crippen LogP contribution in [-0.4, -0.2) is 26.5 Å². The van der Waals surface area contributed by atoms with Gasteiger partial charge in [-0.3, -0.25) is 0 Å². The number of benzene rings is 1. The molecule has 0 spiro atoms. The first-order valence-electron chi connectivity index (χ1n) is 5.74. The summed E-state index contributed by atoms with van der Waals surface area (Å²) in [5, 5.41) is 18.4. The molecule has 0 unspecified atom stereocenters. The molecule has 3 heteroatoms. The quantitative estimate of drug-likeness (QED) is 0.905. The van der Waals surface area contributed by atoms with Crippen LogP contribution in [0.4, 0.5) is 0 Å². The van der Waals surface area contributed by atoms with E-state index in [4.69, 9.17) is 5.26 Å². The third kappa shape index (κ3) is 2.42. The van der Waals surface area contributed by atoms with Gasteiger partial charge in [-0.25, -0.2) is 0 Å². The molecule has 0 radical (unpaired) electrons. The molecule has 1 heterocycles. The number of rotatable bonds is 2. The van der Waals surface area contributed by atoms with Crippen molar-refractivity contribution in [1.29, 1.82) is 5.26 Å². The van der Waals surface area contributed by atoms with Gasteiger partial charge >= 0.3 is 110 Å². The van der Waals surface area contributed by atoms with Crippen LogP contribution in [0, 0.1) is 17.2 Å². The van der Waals surface area contributed by atoms with Crippen LogP contribution in [0.25, 0.3) is 0 Å². The van der Waals surface area contributed by atoms with Gasteiger partial charge in [-0.1, -0.05) is 0 Å². The van der Waals surface area contributed by atoms with Gasteiger partial charge in [0.15, 0.2) is 0 Å². The summed E-state index contributed by atoms with van der Waals surface area (Å²) in [6, 6.07) is 9.79. The Kier molecular flexibility index (Phi) is 3.63. The molecular weight excluding hydrogens is 313 g/mol. The Hall–Kier alpha value is -1.14. The molecule has 1 aliphatic rings. The van der Waals surface area contributed by atoms with E-state index >= 15 is 0 Å². The Morgan fingerprint density at radius 3 is 2.41 bits per heavy atom. The first-order valence-corrected chi connectivity index (χ1v) is 10.9. The van der Waals surface area contributed by atoms with Gasteiger partial charge in [0.25, 0.3) is 0 Å². The molecule has 0 saturated heterocycles. The van der Waals surface area contributed by atoms with E-state index in [1.54, 1.807) is 12.1 Å². The van der Waals surface area contributed by atoms with Crippen LogP contribution in [0.2, 0.25) is 0 Å². The van der Waals surface area contributed by atoms with Gasteiger partial charge in [0, 0.05) is 0 Å². The maximum absolute atomic E-state index is 9.31. The van der Waals surface area contributed by atoms with Crippen molar-refractivity contribution in [2.24, 2.45) is 5.92 Å². The van der Waals surface area contributed by atoms with Crippen molar-refractivity contribution in [3.05, 3.63) is 43.1 Å². The standard InChI is InChI=1S/C8H9N.C6H5O.In/c1-4-8(6-9)5-7(2)3;7-6-4-2-1-3-5-6;/h1,4,7H,2-3H3;2-5,7H;. The minimum atomic E-state index is -2.12. The first-order chi connectivity index (χ1) is 8.13. The third-order valence-corrected chi connectivity index (χ3v) is 12.6. The summed E-state index contributed by atoms with van der Waals surface area (Å²) in [5.41, 5.74) is 0.869. The van der Waals surface area contributed by atoms with Gasteiger partial charge in [-0.05, 0) is 0 Å². The van der Waals surface area contributed by atoms with E-state index in [9.17, 15) is 5.11 Å². The van der Waals surface area contributed by atoms with Crippen molar-refractivity contribution in [2.75, 3.05) is 0 Å². The van der Waals surface area contributed by atoms with E-state index in [1.807, 2.05) is 18.2 Å². The Labute approximate surface area is 109 Å². The van der Waals surface area contributed by atoms with E-state index in [2.05, 4.69) is 23.7 Å². The third-order valence-electron chi connectivity index (χ3n) is 3.10. The summed E-state index contributed by atoms with van der Waals surface area (Å²) < 4.78 is 4.97. The van der Waals surface area contributed by atoms with E-state index in [0.717, 1.165) is 5.57 Å². The molecule has 1 aromatic carbocycles. The van der Waals surface area contributed by atoms with Gasteiger partial charge in [0.1, 0.15) is 0 Å². The zero-order valence-electron chi connectivity index (χ0n) is 10.0. The number of nitriles is 1. The number of allylic oxidation sites excluding steroid dienone is 3. The van der Waals surface area contributed by atoms with Crippen LogP contribution in [0.5, 0.6) is 5.75 Å². The summed E-state index contributed by atoms with van der Waals surface area (Å²) in [7, 11) is 0. The molecule has 2 nitrogen and oxygen atoms in total. The van der Waals surface area contributed by atoms with Crippen LogP contribution < -0.4 is 3.32 Å². The Morgan fingerprint density at radius 1 is 1.24 bits per heavy atom. The van der Waals surface area contributed by atoms with Crippen LogP contribution in [-0.2, 0) is 0 Å². The van der Waals surface area contributed by atoms with Gasteiger partial charge < -0.3 is 0 Å². The normalized spacial score (nSPS) is 14.6. The molecule has 2 rings (SSSR count). The fourth-order valence-electron chi connectivity index (χ4n) is 2.30. The number of nitrogens with zero attached hydrogens (tertiary/aromatic N) is 1. The second-order valence-electron chi connectivity index (χ2n) is 4.56. The zero-order chi connectivity index (χ0) is 12.4. The topological polar surface area (TPSA) is 44.0 Å². The molecule has 0 amide bonds. The molecule has 0 aliphatic carbocycles. The van der Waals surface area contributed by atoms with Crippen molar-refractivity contribution < 1.29 is 5.11 Å². The number of hydrogen-bond acceptors (Lipinski definition) is 2. The van der Waals surface area contributed by atoms with Crippen LogP contribution >= 0.6 is 0 Å². The molecule has 0 bridgehead atoms. The van der Waals surface area contributed by atoms with Crippen molar-refractivity contribution in [2.45, 2.75) is 13.8 Å². The van der Waals surface area contributed by atoms with E-state index in [0.29, 0.717) is 11.7 Å². The number of phenolic OH excluding ortho intramolecular Hbond substituents is 1. The second-order valence-corrected chi connectivity index (χ2v) is 12.1. The molecule has 1 aromatic rings. The number of aromatic hydroxyl groups is 1. The SMILES string of the molecule is CC(C)[C]1=C(C#N)C=[CH][In]1[c]1ccc(O)cc1. The monoisotopic (exact) mass is 327 g/mol. The van der Waals surface area contributed by atoms with E-state index in [1.165, 1.54) is 6.65 Å². The van der Waals surface area contributed by atoms with Gasteiger partial charge in [0.05, 0.1) is 0 Å². The van der Waals surface area contributed by atoms with Crippen molar-refractivity contribution >= 4 is 24.8 Å². The first kappa shape index (κ1) is 12.3. The summed E-state index contributed by atoms with van der Waals surface area (Å²) >= 11 is -2.12. The predicted molar refractivity (Wildman–Crippen MR) is 70.1 cm³/mol. The molecule has 84 valence electrons. The van der Waals surface area contributed by atoms with Gasteiger partial charge in [-0.2, -0.15) is 0 Å². The van der Waals surface area contributed by atoms with E-state index in [-0.39, 0.29) is 0 Å². The molecule has 0 saturated carbocycles. The fraction of sp³-hybridized carbons (Fsp3) is 0.214. The average molecular weight is 327 g/mol. The summed E-state index contributed by atoms with van der Waals surface area (Å²) in [6.07, 6.45) is 1.99. The van der Waals surface area contributed by atoms with Crippen molar-refractivity contribution in [1.82, 2.24) is 0 Å². The van der Waals surface area contributed by atoms with Gasteiger partial charge in [-0.15, -0.1) is 0 Å².